The van der Waals surface area contributed by atoms with Crippen molar-refractivity contribution < 1.29 is 23.7 Å². The van der Waals surface area contributed by atoms with Crippen molar-refractivity contribution in [1.29, 1.82) is 0 Å². The summed E-state index contributed by atoms with van der Waals surface area (Å²) in [4.78, 5) is 0. The maximum absolute atomic E-state index is 13.3. The van der Waals surface area contributed by atoms with E-state index >= 15 is 0 Å². The van der Waals surface area contributed by atoms with E-state index in [0.717, 1.165) is 6.07 Å². The van der Waals surface area contributed by atoms with Crippen LogP contribution < -0.4 is 4.74 Å². The molecule has 0 spiro atoms. The van der Waals surface area contributed by atoms with Gasteiger partial charge in [0.2, 0.25) is 0 Å². The van der Waals surface area contributed by atoms with E-state index in [1.807, 2.05) is 0 Å². The molecule has 0 radical (unpaired) electrons. The summed E-state index contributed by atoms with van der Waals surface area (Å²) in [7, 11) is 1.29. The number of hydrogen-bond donors (Lipinski definition) is 2. The zero-order valence-corrected chi connectivity index (χ0v) is 8.20. The highest BCUT2D eigenvalue weighted by atomic mass is 19.2. The molecule has 0 saturated heterocycles. The lowest BCUT2D eigenvalue weighted by Crippen LogP contribution is -2.07. The number of rotatable bonds is 4. The highest BCUT2D eigenvalue weighted by molar-refractivity contribution is 5.37. The fraction of sp³-hybridized carbons (Fsp3) is 0.400. The fourth-order valence-electron chi connectivity index (χ4n) is 1.30. The van der Waals surface area contributed by atoms with Gasteiger partial charge in [0.1, 0.15) is 5.75 Å². The van der Waals surface area contributed by atoms with Crippen LogP contribution >= 0.6 is 0 Å². The minimum atomic E-state index is -1.28. The first-order chi connectivity index (χ1) is 7.11. The Morgan fingerprint density at radius 2 is 2.07 bits per heavy atom. The molecule has 2 N–H and O–H groups in total. The smallest absolute Gasteiger partial charge is 0.168 e. The second-order valence-corrected chi connectivity index (χ2v) is 3.01. The van der Waals surface area contributed by atoms with Gasteiger partial charge in [-0.1, -0.05) is 0 Å². The Morgan fingerprint density at radius 1 is 1.40 bits per heavy atom. The Morgan fingerprint density at radius 3 is 2.60 bits per heavy atom. The number of hydrogen-bond acceptors (Lipinski definition) is 3. The summed E-state index contributed by atoms with van der Waals surface area (Å²) in [6, 6.07) is 2.15. The maximum atomic E-state index is 13.3. The molecule has 1 aromatic carbocycles. The van der Waals surface area contributed by atoms with Crippen LogP contribution in [0.2, 0.25) is 0 Å². The molecule has 0 fully saturated rings. The van der Waals surface area contributed by atoms with Crippen molar-refractivity contribution >= 4 is 0 Å². The van der Waals surface area contributed by atoms with Crippen LogP contribution in [-0.2, 0) is 0 Å². The summed E-state index contributed by atoms with van der Waals surface area (Å²) in [5, 5.41) is 18.1. The minimum absolute atomic E-state index is 0.0647. The molecule has 0 bridgehead atoms. The lowest BCUT2D eigenvalue weighted by Gasteiger charge is -2.14. The van der Waals surface area contributed by atoms with E-state index in [9.17, 15) is 13.9 Å². The monoisotopic (exact) mass is 218 g/mol. The van der Waals surface area contributed by atoms with Crippen molar-refractivity contribution in [3.8, 4) is 5.75 Å². The van der Waals surface area contributed by atoms with Gasteiger partial charge < -0.3 is 14.9 Å². The van der Waals surface area contributed by atoms with Gasteiger partial charge in [0.15, 0.2) is 11.6 Å². The van der Waals surface area contributed by atoms with Crippen LogP contribution in [0.5, 0.6) is 5.75 Å². The number of aliphatic hydroxyl groups is 2. The second kappa shape index (κ2) is 5.04. The van der Waals surface area contributed by atoms with Crippen molar-refractivity contribution in [2.75, 3.05) is 13.7 Å². The number of ether oxygens (including phenoxy) is 1. The van der Waals surface area contributed by atoms with Gasteiger partial charge in [-0.25, -0.2) is 8.78 Å². The lowest BCUT2D eigenvalue weighted by molar-refractivity contribution is 0.127. The third-order valence-electron chi connectivity index (χ3n) is 2.05. The van der Waals surface area contributed by atoms with Gasteiger partial charge >= 0.3 is 0 Å². The minimum Gasteiger partial charge on any atom is -0.496 e. The third-order valence-corrected chi connectivity index (χ3v) is 2.05. The zero-order valence-electron chi connectivity index (χ0n) is 8.20. The van der Waals surface area contributed by atoms with E-state index in [-0.39, 0.29) is 24.3 Å². The molecule has 0 amide bonds. The van der Waals surface area contributed by atoms with E-state index < -0.39 is 17.7 Å². The Bertz CT molecular complexity index is 342. The molecule has 1 aromatic rings. The number of halogens is 2. The summed E-state index contributed by atoms with van der Waals surface area (Å²) in [5.41, 5.74) is -0.258. The van der Waals surface area contributed by atoms with E-state index in [4.69, 9.17) is 9.84 Å². The molecule has 0 aromatic heterocycles. The topological polar surface area (TPSA) is 49.7 Å². The molecule has 0 aliphatic rings. The zero-order chi connectivity index (χ0) is 11.4. The van der Waals surface area contributed by atoms with Crippen molar-refractivity contribution in [3.05, 3.63) is 29.3 Å². The maximum Gasteiger partial charge on any atom is 0.168 e. The van der Waals surface area contributed by atoms with Gasteiger partial charge in [0.25, 0.3) is 0 Å². The summed E-state index contributed by atoms with van der Waals surface area (Å²) in [6.45, 7) is -0.319. The predicted molar refractivity (Wildman–Crippen MR) is 49.6 cm³/mol. The fourth-order valence-corrected chi connectivity index (χ4v) is 1.30. The molecule has 0 aliphatic heterocycles. The number of aliphatic hydroxyl groups excluding tert-OH is 2. The van der Waals surface area contributed by atoms with Crippen molar-refractivity contribution in [2.24, 2.45) is 0 Å². The SMILES string of the molecule is COc1ccc(F)c(F)c1C(O)CCO. The van der Waals surface area contributed by atoms with Crippen LogP contribution in [0.15, 0.2) is 12.1 Å². The Hall–Kier alpha value is -1.20. The van der Waals surface area contributed by atoms with Crippen LogP contribution in [0, 0.1) is 11.6 Å². The molecular formula is C10H12F2O3. The summed E-state index contributed by atoms with van der Waals surface area (Å²) in [5.74, 6) is -2.13. The van der Waals surface area contributed by atoms with E-state index in [0.29, 0.717) is 0 Å². The third kappa shape index (κ3) is 2.43. The normalized spacial score (nSPS) is 12.6. The molecule has 0 saturated carbocycles. The van der Waals surface area contributed by atoms with Crippen LogP contribution in [0.1, 0.15) is 18.1 Å². The molecule has 0 heterocycles. The van der Waals surface area contributed by atoms with Crippen LogP contribution in [0.4, 0.5) is 8.78 Å². The van der Waals surface area contributed by atoms with Gasteiger partial charge in [0, 0.05) is 13.0 Å². The molecular weight excluding hydrogens is 206 g/mol. The Labute approximate surface area is 85.9 Å². The predicted octanol–water partition coefficient (Wildman–Crippen LogP) is 1.39. The average Bonchev–Trinajstić information content (AvgIpc) is 2.22. The van der Waals surface area contributed by atoms with Crippen LogP contribution in [0.25, 0.3) is 0 Å². The number of methoxy groups -OCH3 is 1. The highest BCUT2D eigenvalue weighted by Crippen LogP contribution is 2.30. The Balaban J connectivity index is 3.17. The summed E-state index contributed by atoms with van der Waals surface area (Å²) >= 11 is 0. The highest BCUT2D eigenvalue weighted by Gasteiger charge is 2.20. The van der Waals surface area contributed by atoms with Crippen molar-refractivity contribution in [3.63, 3.8) is 0 Å². The number of benzene rings is 1. The van der Waals surface area contributed by atoms with Crippen LogP contribution in [0.3, 0.4) is 0 Å². The Kier molecular flexibility index (Phi) is 3.99. The first-order valence-corrected chi connectivity index (χ1v) is 4.42. The first-order valence-electron chi connectivity index (χ1n) is 4.42. The first kappa shape index (κ1) is 11.9. The standard InChI is InChI=1S/C10H12F2O3/c1-15-8-3-2-6(11)10(12)9(8)7(14)4-5-13/h2-3,7,13-14H,4-5H2,1H3. The van der Waals surface area contributed by atoms with E-state index in [1.165, 1.54) is 13.2 Å². The molecule has 1 atom stereocenters. The van der Waals surface area contributed by atoms with Gasteiger partial charge in [-0.15, -0.1) is 0 Å². The molecule has 5 heteroatoms. The molecule has 3 nitrogen and oxygen atoms in total. The quantitative estimate of drug-likeness (QED) is 0.802. The second-order valence-electron chi connectivity index (χ2n) is 3.01. The summed E-state index contributed by atoms with van der Waals surface area (Å²) in [6.07, 6.45) is -1.35. The van der Waals surface area contributed by atoms with Gasteiger partial charge in [-0.05, 0) is 12.1 Å². The van der Waals surface area contributed by atoms with Gasteiger partial charge in [-0.3, -0.25) is 0 Å². The molecule has 84 valence electrons. The lowest BCUT2D eigenvalue weighted by atomic mass is 10.0. The van der Waals surface area contributed by atoms with Crippen molar-refractivity contribution in [1.82, 2.24) is 0 Å². The van der Waals surface area contributed by atoms with Crippen LogP contribution in [-0.4, -0.2) is 23.9 Å². The van der Waals surface area contributed by atoms with Gasteiger partial charge in [-0.2, -0.15) is 0 Å². The average molecular weight is 218 g/mol. The van der Waals surface area contributed by atoms with E-state index in [1.54, 1.807) is 0 Å². The van der Waals surface area contributed by atoms with Crippen molar-refractivity contribution in [2.45, 2.75) is 12.5 Å². The molecule has 1 rings (SSSR count). The van der Waals surface area contributed by atoms with Gasteiger partial charge in [0.05, 0.1) is 18.8 Å². The summed E-state index contributed by atoms with van der Waals surface area (Å²) < 4.78 is 31.0. The molecule has 1 unspecified atom stereocenters. The van der Waals surface area contributed by atoms with E-state index in [2.05, 4.69) is 0 Å². The molecule has 0 aliphatic carbocycles. The largest absolute Gasteiger partial charge is 0.496 e. The molecule has 15 heavy (non-hydrogen) atoms.